The second kappa shape index (κ2) is 10.5. The fourth-order valence-electron chi connectivity index (χ4n) is 3.71. The molecule has 2 aliphatic rings. The van der Waals surface area contributed by atoms with Crippen molar-refractivity contribution in [3.05, 3.63) is 75.8 Å². The van der Waals surface area contributed by atoms with E-state index in [-0.39, 0.29) is 37.8 Å². The minimum Gasteiger partial charge on any atom is -0.370 e. The van der Waals surface area contributed by atoms with Crippen LogP contribution in [0.25, 0.3) is 0 Å². The Balaban J connectivity index is 0.000000187. The molecule has 0 spiro atoms. The molecule has 0 bridgehead atoms. The van der Waals surface area contributed by atoms with Crippen LogP contribution in [0.1, 0.15) is 22.1 Å². The van der Waals surface area contributed by atoms with Crippen molar-refractivity contribution in [2.75, 3.05) is 17.3 Å². The van der Waals surface area contributed by atoms with Gasteiger partial charge in [-0.15, -0.1) is 0 Å². The fourth-order valence-corrected chi connectivity index (χ4v) is 7.09. The van der Waals surface area contributed by atoms with E-state index in [4.69, 9.17) is 33.5 Å². The van der Waals surface area contributed by atoms with Gasteiger partial charge in [-0.2, -0.15) is 4.72 Å². The van der Waals surface area contributed by atoms with Crippen molar-refractivity contribution in [2.45, 2.75) is 20.9 Å². The van der Waals surface area contributed by atoms with Crippen LogP contribution in [0.15, 0.2) is 69.3 Å². The molecule has 0 saturated heterocycles. The summed E-state index contributed by atoms with van der Waals surface area (Å²) < 4.78 is 70.8. The van der Waals surface area contributed by atoms with Gasteiger partial charge >= 0.3 is 0 Å². The molecule has 0 fully saturated rings. The molecular formula is C21H20Cl2N6O7S3. The van der Waals surface area contributed by atoms with E-state index in [1.807, 2.05) is 30.3 Å². The molecule has 18 heteroatoms. The van der Waals surface area contributed by atoms with Gasteiger partial charge < -0.3 is 16.0 Å². The summed E-state index contributed by atoms with van der Waals surface area (Å²) in [6.45, 7) is 0.0143. The van der Waals surface area contributed by atoms with E-state index in [0.717, 1.165) is 11.6 Å². The zero-order chi connectivity index (χ0) is 28.8. The third-order valence-corrected chi connectivity index (χ3v) is 9.69. The number of rotatable bonds is 3. The molecule has 0 aromatic heterocycles. The van der Waals surface area contributed by atoms with Crippen molar-refractivity contribution >= 4 is 70.6 Å². The summed E-state index contributed by atoms with van der Waals surface area (Å²) in [5, 5.41) is 18.5. The lowest BCUT2D eigenvalue weighted by molar-refractivity contribution is 0.0935. The van der Waals surface area contributed by atoms with Gasteiger partial charge in [0.2, 0.25) is 30.1 Å². The highest BCUT2D eigenvalue weighted by molar-refractivity contribution is 7.90. The van der Waals surface area contributed by atoms with Gasteiger partial charge in [0, 0.05) is 0 Å². The first-order valence-electron chi connectivity index (χ1n) is 10.7. The predicted molar refractivity (Wildman–Crippen MR) is 145 cm³/mol. The van der Waals surface area contributed by atoms with Gasteiger partial charge in [-0.3, -0.25) is 4.79 Å². The van der Waals surface area contributed by atoms with Crippen LogP contribution in [-0.2, 0) is 30.1 Å². The number of primary sulfonamides is 2. The van der Waals surface area contributed by atoms with Crippen LogP contribution < -0.4 is 31.0 Å². The number of benzene rings is 3. The summed E-state index contributed by atoms with van der Waals surface area (Å²) >= 11 is 11.7. The molecule has 1 unspecified atom stereocenters. The Kier molecular flexibility index (Phi) is 7.85. The van der Waals surface area contributed by atoms with Crippen LogP contribution in [-0.4, -0.2) is 37.8 Å². The molecule has 3 aromatic carbocycles. The van der Waals surface area contributed by atoms with E-state index in [2.05, 4.69) is 20.7 Å². The second-order valence-corrected chi connectivity index (χ2v) is 13.8. The molecular weight excluding hydrogens is 615 g/mol. The van der Waals surface area contributed by atoms with Crippen LogP contribution in [0.4, 0.5) is 11.4 Å². The quantitative estimate of drug-likeness (QED) is 0.245. The third-order valence-electron chi connectivity index (χ3n) is 5.50. The number of carbonyl (C=O) groups excluding carboxylic acids is 1. The molecule has 1 amide bonds. The Morgan fingerprint density at radius 3 is 1.97 bits per heavy atom. The van der Waals surface area contributed by atoms with E-state index in [9.17, 15) is 30.0 Å². The number of anilines is 2. The topological polar surface area (TPSA) is 220 Å². The molecule has 2 heterocycles. The number of sulfonamides is 3. The molecule has 0 saturated carbocycles. The van der Waals surface area contributed by atoms with Crippen molar-refractivity contribution in [3.8, 4) is 0 Å². The van der Waals surface area contributed by atoms with Gasteiger partial charge in [0.1, 0.15) is 20.9 Å². The van der Waals surface area contributed by atoms with Crippen LogP contribution >= 0.6 is 23.2 Å². The van der Waals surface area contributed by atoms with E-state index >= 15 is 0 Å². The Morgan fingerprint density at radius 2 is 1.38 bits per heavy atom. The average Bonchev–Trinajstić information content (AvgIpc) is 2.82. The van der Waals surface area contributed by atoms with Crippen molar-refractivity contribution in [3.63, 3.8) is 0 Å². The molecule has 0 aliphatic carbocycles. The van der Waals surface area contributed by atoms with Crippen LogP contribution in [0.2, 0.25) is 10.0 Å². The van der Waals surface area contributed by atoms with Crippen molar-refractivity contribution in [2.24, 2.45) is 10.3 Å². The Morgan fingerprint density at radius 1 is 0.821 bits per heavy atom. The van der Waals surface area contributed by atoms with Crippen LogP contribution in [0.3, 0.4) is 0 Å². The minimum atomic E-state index is -4.07. The molecule has 13 nitrogen and oxygen atoms in total. The van der Waals surface area contributed by atoms with E-state index in [1.165, 1.54) is 18.2 Å². The molecule has 208 valence electrons. The first kappa shape index (κ1) is 29.0. The second-order valence-electron chi connectivity index (χ2n) is 8.16. The average molecular weight is 636 g/mol. The van der Waals surface area contributed by atoms with Gasteiger partial charge in [-0.25, -0.2) is 35.5 Å². The van der Waals surface area contributed by atoms with E-state index in [0.29, 0.717) is 5.69 Å². The van der Waals surface area contributed by atoms with Gasteiger partial charge in [-0.1, -0.05) is 53.5 Å². The summed E-state index contributed by atoms with van der Waals surface area (Å²) in [6.07, 6.45) is -0.419. The number of hydrogen-bond donors (Lipinski definition) is 6. The largest absolute Gasteiger partial charge is 0.370 e. The van der Waals surface area contributed by atoms with Gasteiger partial charge in [0.05, 0.1) is 33.7 Å². The van der Waals surface area contributed by atoms with Crippen LogP contribution in [0.5, 0.6) is 0 Å². The third kappa shape index (κ3) is 6.28. The summed E-state index contributed by atoms with van der Waals surface area (Å²) in [7, 11) is -11.8. The number of nitrogens with two attached hydrogens (primary N) is 2. The standard InChI is InChI=1S/C14H12ClN3O3S.C7H8ClN3O4S2/c15-10-7-11-9(6-12(10)22(16,20)21)14(19)18-13(17-11)8-4-2-1-3-5-8;8-4-1-5-7(2-6(4)16(9,12)13)17(14,15)11-3-10-5/h1-7,13,17H,(H,18,19)(H2,16,20,21);1-2,10-11H,3H2,(H2,9,12,13). The zero-order valence-corrected chi connectivity index (χ0v) is 23.4. The molecule has 39 heavy (non-hydrogen) atoms. The van der Waals surface area contributed by atoms with E-state index < -0.39 is 47.0 Å². The van der Waals surface area contributed by atoms with Gasteiger partial charge in [0.15, 0.2) is 0 Å². The van der Waals surface area contributed by atoms with Crippen molar-refractivity contribution in [1.29, 1.82) is 0 Å². The highest BCUT2D eigenvalue weighted by atomic mass is 35.5. The number of halogens is 2. The normalized spacial score (nSPS) is 17.7. The Labute approximate surface area is 234 Å². The first-order chi connectivity index (χ1) is 18.1. The molecule has 0 radical (unpaired) electrons. The maximum Gasteiger partial charge on any atom is 0.255 e. The molecule has 5 rings (SSSR count). The van der Waals surface area contributed by atoms with Gasteiger partial charge in [0.25, 0.3) is 5.91 Å². The van der Waals surface area contributed by atoms with Gasteiger partial charge in [-0.05, 0) is 29.8 Å². The van der Waals surface area contributed by atoms with Crippen LogP contribution in [0, 0.1) is 0 Å². The monoisotopic (exact) mass is 634 g/mol. The SMILES string of the molecule is NS(=O)(=O)c1cc2c(cc1Cl)NC(c1ccccc1)NC2=O.NS(=O)(=O)c1cc2c(cc1Cl)NCNS2(=O)=O. The summed E-state index contributed by atoms with van der Waals surface area (Å²) in [5.41, 5.74) is 1.74. The first-order valence-corrected chi connectivity index (χ1v) is 16.0. The van der Waals surface area contributed by atoms with Crippen molar-refractivity contribution in [1.82, 2.24) is 10.0 Å². The summed E-state index contributed by atoms with van der Waals surface area (Å²) in [6, 6.07) is 14.0. The highest BCUT2D eigenvalue weighted by Crippen LogP contribution is 2.34. The summed E-state index contributed by atoms with van der Waals surface area (Å²) in [5.74, 6) is -0.399. The number of hydrogen-bond acceptors (Lipinski definition) is 9. The number of carbonyl (C=O) groups is 1. The van der Waals surface area contributed by atoms with E-state index in [1.54, 1.807) is 0 Å². The maximum absolute atomic E-state index is 12.2. The number of amides is 1. The molecule has 2 aliphatic heterocycles. The fraction of sp³-hybridized carbons (Fsp3) is 0.0952. The summed E-state index contributed by atoms with van der Waals surface area (Å²) in [4.78, 5) is 11.3. The highest BCUT2D eigenvalue weighted by Gasteiger charge is 2.28. The lowest BCUT2D eigenvalue weighted by Gasteiger charge is -2.28. The molecule has 1 atom stereocenters. The molecule has 3 aromatic rings. The predicted octanol–water partition coefficient (Wildman–Crippen LogP) is 1.49. The van der Waals surface area contributed by atoms with Crippen molar-refractivity contribution < 1.29 is 30.0 Å². The number of fused-ring (bicyclic) bond motifs is 2. The lowest BCUT2D eigenvalue weighted by atomic mass is 10.1. The Bertz CT molecular complexity index is 1800. The minimum absolute atomic E-state index is 0.0143. The number of nitrogens with one attached hydrogen (secondary N) is 4. The Hall–Kier alpha value is -2.96. The smallest absolute Gasteiger partial charge is 0.255 e. The lowest BCUT2D eigenvalue weighted by Crippen LogP contribution is -2.38. The maximum atomic E-state index is 12.2. The zero-order valence-electron chi connectivity index (χ0n) is 19.5. The molecule has 8 N–H and O–H groups in total.